The molecular weight excluding hydrogens is 238 g/mol. The minimum absolute atomic E-state index is 0. The van der Waals surface area contributed by atoms with Gasteiger partial charge in [-0.25, -0.2) is 4.79 Å². The van der Waals surface area contributed by atoms with Crippen LogP contribution in [0, 0.1) is 0 Å². The summed E-state index contributed by atoms with van der Waals surface area (Å²) >= 11 is 0. The van der Waals surface area contributed by atoms with Gasteiger partial charge in [0.05, 0.1) is 12.7 Å². The predicted molar refractivity (Wildman–Crippen MR) is 70.0 cm³/mol. The van der Waals surface area contributed by atoms with Gasteiger partial charge in [-0.3, -0.25) is 0 Å². The monoisotopic (exact) mass is 255 g/mol. The summed E-state index contributed by atoms with van der Waals surface area (Å²) in [5, 5.41) is 3.32. The number of carbonyl (C=O) groups excluding carboxylic acids is 1. The van der Waals surface area contributed by atoms with Crippen molar-refractivity contribution in [2.45, 2.75) is 19.5 Å². The Balaban J connectivity index is 0.00000144. The summed E-state index contributed by atoms with van der Waals surface area (Å²) in [5.41, 5.74) is 1.59. The minimum atomic E-state index is -0.336. The van der Waals surface area contributed by atoms with Crippen LogP contribution < -0.4 is 10.1 Å². The topological polar surface area (TPSA) is 47.6 Å². The van der Waals surface area contributed by atoms with E-state index >= 15 is 0 Å². The van der Waals surface area contributed by atoms with Gasteiger partial charge in [-0.05, 0) is 19.1 Å². The minimum Gasteiger partial charge on any atom is -0.492 e. The highest BCUT2D eigenvalue weighted by Gasteiger charge is 2.15. The van der Waals surface area contributed by atoms with E-state index in [4.69, 9.17) is 4.74 Å². The van der Waals surface area contributed by atoms with Gasteiger partial charge >= 0.3 is 5.97 Å². The molecule has 1 heterocycles. The molecular formula is C12H17NO3S. The molecule has 0 spiro atoms. The van der Waals surface area contributed by atoms with Crippen LogP contribution in [-0.2, 0) is 11.3 Å². The molecule has 0 saturated carbocycles. The molecule has 0 radical (unpaired) electrons. The summed E-state index contributed by atoms with van der Waals surface area (Å²) in [6, 6.07) is 5.70. The summed E-state index contributed by atoms with van der Waals surface area (Å²) in [7, 11) is 1.37. The molecule has 2 rings (SSSR count). The average Bonchev–Trinajstić information content (AvgIpc) is 2.50. The molecule has 0 fully saturated rings. The maximum atomic E-state index is 11.4. The molecule has 1 N–H and O–H groups in total. The highest BCUT2D eigenvalue weighted by Crippen LogP contribution is 2.23. The van der Waals surface area contributed by atoms with Gasteiger partial charge in [-0.15, -0.1) is 0 Å². The quantitative estimate of drug-likeness (QED) is 0.772. The third-order valence-corrected chi connectivity index (χ3v) is 2.62. The Labute approximate surface area is 108 Å². The van der Waals surface area contributed by atoms with Crippen molar-refractivity contribution < 1.29 is 14.3 Å². The Bertz CT molecular complexity index is 409. The molecule has 1 atom stereocenters. The second-order valence-electron chi connectivity index (χ2n) is 3.91. The van der Waals surface area contributed by atoms with Crippen LogP contribution >= 0.6 is 13.5 Å². The lowest BCUT2D eigenvalue weighted by Gasteiger charge is -2.08. The smallest absolute Gasteiger partial charge is 0.337 e. The highest BCUT2D eigenvalue weighted by molar-refractivity contribution is 7.59. The van der Waals surface area contributed by atoms with Gasteiger partial charge in [0, 0.05) is 18.2 Å². The molecule has 0 amide bonds. The lowest BCUT2D eigenvalue weighted by atomic mass is 10.1. The van der Waals surface area contributed by atoms with E-state index in [1.165, 1.54) is 7.11 Å². The van der Waals surface area contributed by atoms with Crippen molar-refractivity contribution >= 4 is 19.5 Å². The Hall–Kier alpha value is -1.20. The van der Waals surface area contributed by atoms with Crippen LogP contribution in [0.15, 0.2) is 18.2 Å². The van der Waals surface area contributed by atoms with Crippen LogP contribution in [-0.4, -0.2) is 25.7 Å². The number of hydrogen-bond acceptors (Lipinski definition) is 4. The number of benzene rings is 1. The van der Waals surface area contributed by atoms with Gasteiger partial charge in [0.25, 0.3) is 0 Å². The fourth-order valence-electron chi connectivity index (χ4n) is 1.64. The normalized spacial score (nSPS) is 18.1. The van der Waals surface area contributed by atoms with Crippen LogP contribution in [0.4, 0.5) is 0 Å². The SMILES string of the molecule is COC(=O)c1ccc2c(c1)OC[C@H](C)NC2.S. The first kappa shape index (κ1) is 13.9. The van der Waals surface area contributed by atoms with Crippen molar-refractivity contribution in [3.8, 4) is 5.75 Å². The summed E-state index contributed by atoms with van der Waals surface area (Å²) in [5.74, 6) is 0.427. The third kappa shape index (κ3) is 3.14. The molecule has 94 valence electrons. The summed E-state index contributed by atoms with van der Waals surface area (Å²) < 4.78 is 10.3. The number of rotatable bonds is 1. The van der Waals surface area contributed by atoms with Crippen molar-refractivity contribution in [3.63, 3.8) is 0 Å². The lowest BCUT2D eigenvalue weighted by molar-refractivity contribution is 0.0600. The number of methoxy groups -OCH3 is 1. The standard InChI is InChI=1S/C12H15NO3.H2S/c1-8-7-16-11-5-9(12(14)15-2)3-4-10(11)6-13-8;/h3-5,8,13H,6-7H2,1-2H3;1H2/t8-;/m0./s1. The van der Waals surface area contributed by atoms with E-state index in [1.807, 2.05) is 6.07 Å². The molecule has 0 bridgehead atoms. The van der Waals surface area contributed by atoms with Crippen molar-refractivity contribution in [1.82, 2.24) is 5.32 Å². The first-order valence-corrected chi connectivity index (χ1v) is 5.28. The second kappa shape index (κ2) is 5.93. The van der Waals surface area contributed by atoms with Gasteiger partial charge in [0.2, 0.25) is 0 Å². The lowest BCUT2D eigenvalue weighted by Crippen LogP contribution is -2.28. The molecule has 1 aromatic rings. The zero-order chi connectivity index (χ0) is 11.5. The Morgan fingerprint density at radius 3 is 3.00 bits per heavy atom. The largest absolute Gasteiger partial charge is 0.492 e. The second-order valence-corrected chi connectivity index (χ2v) is 3.91. The first-order chi connectivity index (χ1) is 7.70. The van der Waals surface area contributed by atoms with E-state index in [-0.39, 0.29) is 19.5 Å². The maximum Gasteiger partial charge on any atom is 0.337 e. The Morgan fingerprint density at radius 2 is 2.29 bits per heavy atom. The van der Waals surface area contributed by atoms with Crippen LogP contribution in [0.5, 0.6) is 5.75 Å². The van der Waals surface area contributed by atoms with E-state index in [2.05, 4.69) is 17.0 Å². The molecule has 0 aliphatic carbocycles. The first-order valence-electron chi connectivity index (χ1n) is 5.28. The van der Waals surface area contributed by atoms with Gasteiger partial charge in [0.15, 0.2) is 0 Å². The summed E-state index contributed by atoms with van der Waals surface area (Å²) in [6.07, 6.45) is 0. The molecule has 0 unspecified atom stereocenters. The number of fused-ring (bicyclic) bond motifs is 1. The molecule has 4 nitrogen and oxygen atoms in total. The van der Waals surface area contributed by atoms with Crippen molar-refractivity contribution in [2.24, 2.45) is 0 Å². The zero-order valence-corrected chi connectivity index (χ0v) is 10.9. The zero-order valence-electron chi connectivity index (χ0n) is 9.95. The number of esters is 1. The van der Waals surface area contributed by atoms with Gasteiger partial charge < -0.3 is 14.8 Å². The fourth-order valence-corrected chi connectivity index (χ4v) is 1.64. The van der Waals surface area contributed by atoms with Crippen LogP contribution in [0.3, 0.4) is 0 Å². The molecule has 1 aromatic carbocycles. The van der Waals surface area contributed by atoms with E-state index in [0.717, 1.165) is 17.9 Å². The highest BCUT2D eigenvalue weighted by atomic mass is 32.1. The van der Waals surface area contributed by atoms with Crippen molar-refractivity contribution in [3.05, 3.63) is 29.3 Å². The van der Waals surface area contributed by atoms with Gasteiger partial charge in [-0.1, -0.05) is 6.07 Å². The molecule has 0 saturated heterocycles. The molecule has 1 aliphatic heterocycles. The number of ether oxygens (including phenoxy) is 2. The predicted octanol–water partition coefficient (Wildman–Crippen LogP) is 1.46. The van der Waals surface area contributed by atoms with Crippen LogP contribution in [0.25, 0.3) is 0 Å². The fraction of sp³-hybridized carbons (Fsp3) is 0.417. The van der Waals surface area contributed by atoms with E-state index in [1.54, 1.807) is 12.1 Å². The van der Waals surface area contributed by atoms with Crippen LogP contribution in [0.1, 0.15) is 22.8 Å². The maximum absolute atomic E-state index is 11.4. The molecule has 17 heavy (non-hydrogen) atoms. The third-order valence-electron chi connectivity index (χ3n) is 2.62. The van der Waals surface area contributed by atoms with E-state index in [9.17, 15) is 4.79 Å². The van der Waals surface area contributed by atoms with Crippen LogP contribution in [0.2, 0.25) is 0 Å². The van der Waals surface area contributed by atoms with E-state index < -0.39 is 0 Å². The number of carbonyl (C=O) groups is 1. The average molecular weight is 255 g/mol. The molecule has 5 heteroatoms. The van der Waals surface area contributed by atoms with Gasteiger partial charge in [0.1, 0.15) is 12.4 Å². The van der Waals surface area contributed by atoms with E-state index in [0.29, 0.717) is 18.2 Å². The Kier molecular flexibility index (Phi) is 4.84. The summed E-state index contributed by atoms with van der Waals surface area (Å²) in [6.45, 7) is 3.43. The number of nitrogens with one attached hydrogen (secondary N) is 1. The summed E-state index contributed by atoms with van der Waals surface area (Å²) in [4.78, 5) is 11.4. The Morgan fingerprint density at radius 1 is 1.53 bits per heavy atom. The van der Waals surface area contributed by atoms with Gasteiger partial charge in [-0.2, -0.15) is 13.5 Å². The van der Waals surface area contributed by atoms with Crippen molar-refractivity contribution in [2.75, 3.05) is 13.7 Å². The molecule has 1 aliphatic rings. The number of hydrogen-bond donors (Lipinski definition) is 1. The molecule has 0 aromatic heterocycles. The van der Waals surface area contributed by atoms with Crippen molar-refractivity contribution in [1.29, 1.82) is 0 Å².